The highest BCUT2D eigenvalue weighted by Crippen LogP contribution is 2.39. The Labute approximate surface area is 331 Å². The Hall–Kier alpha value is -3.69. The van der Waals surface area contributed by atoms with Gasteiger partial charge in [-0.1, -0.05) is 58.0 Å². The summed E-state index contributed by atoms with van der Waals surface area (Å²) >= 11 is 0. The number of nitrogens with zero attached hydrogens (tertiary/aromatic N) is 4. The molecule has 1 aromatic carbocycles. The van der Waals surface area contributed by atoms with E-state index in [1.165, 1.54) is 14.0 Å². The van der Waals surface area contributed by atoms with Crippen LogP contribution in [0, 0.1) is 23.7 Å². The smallest absolute Gasteiger partial charge is 0.410 e. The van der Waals surface area contributed by atoms with Crippen LogP contribution in [0.3, 0.4) is 0 Å². The fourth-order valence-corrected chi connectivity index (χ4v) is 8.83. The number of imidazole rings is 1. The van der Waals surface area contributed by atoms with E-state index in [1.54, 1.807) is 32.0 Å². The van der Waals surface area contributed by atoms with Gasteiger partial charge >= 0.3 is 12.1 Å². The van der Waals surface area contributed by atoms with Gasteiger partial charge in [-0.05, 0) is 60.5 Å². The zero-order valence-electron chi connectivity index (χ0n) is 34.6. The van der Waals surface area contributed by atoms with Crippen molar-refractivity contribution < 1.29 is 48.0 Å². The van der Waals surface area contributed by atoms with E-state index >= 15 is 0 Å². The number of benzene rings is 1. The van der Waals surface area contributed by atoms with Crippen molar-refractivity contribution in [3.05, 3.63) is 42.9 Å². The van der Waals surface area contributed by atoms with E-state index in [-0.39, 0.29) is 37.3 Å². The maximum atomic E-state index is 14.6. The normalized spacial score (nSPS) is 36.2. The molecule has 0 unspecified atom stereocenters. The molecule has 1 amide bonds. The number of aryl methyl sites for hydroxylation is 1. The van der Waals surface area contributed by atoms with Gasteiger partial charge in [-0.3, -0.25) is 14.4 Å². The lowest BCUT2D eigenvalue weighted by molar-refractivity contribution is -0.295. The van der Waals surface area contributed by atoms with Crippen molar-refractivity contribution in [1.29, 1.82) is 0 Å². The summed E-state index contributed by atoms with van der Waals surface area (Å²) in [5.41, 5.74) is 0.579. The van der Waals surface area contributed by atoms with Gasteiger partial charge in [-0.2, -0.15) is 0 Å². The van der Waals surface area contributed by atoms with E-state index in [9.17, 15) is 24.3 Å². The molecule has 0 saturated carbocycles. The van der Waals surface area contributed by atoms with E-state index in [2.05, 4.69) is 4.98 Å². The summed E-state index contributed by atoms with van der Waals surface area (Å²) in [6.07, 6.45) is -0.644. The number of carbonyl (C=O) groups is 4. The SMILES string of the molecule is CC[C@H]1OC(=O)[C@H](C)C(=O)[C@H](C)[C@@H](O[C@@H]2O[C@H](C)C[C@H](N(C)C)[C@H]2O)[C@](C)(OC)C[C@@H](C)C(=O)[C@H](C)[C@@H]2[C@@H]1OC(=O)N2CCCn1cnc(-c2ccccc2)c1. The number of esters is 1. The zero-order chi connectivity index (χ0) is 41.1. The number of ether oxygens (including phenoxy) is 5. The first-order valence-electron chi connectivity index (χ1n) is 20.0. The zero-order valence-corrected chi connectivity index (χ0v) is 34.6. The highest BCUT2D eigenvalue weighted by Gasteiger charge is 2.54. The first-order chi connectivity index (χ1) is 26.5. The molecule has 56 heavy (non-hydrogen) atoms. The molecule has 0 radical (unpaired) electrons. The summed E-state index contributed by atoms with van der Waals surface area (Å²) < 4.78 is 32.8. The highest BCUT2D eigenvalue weighted by molar-refractivity contribution is 6.00. The Balaban J connectivity index is 1.44. The summed E-state index contributed by atoms with van der Waals surface area (Å²) in [4.78, 5) is 64.3. The van der Waals surface area contributed by atoms with Gasteiger partial charge in [-0.15, -0.1) is 0 Å². The minimum atomic E-state index is -1.26. The second kappa shape index (κ2) is 18.3. The number of aromatic nitrogens is 2. The lowest BCUT2D eigenvalue weighted by Crippen LogP contribution is -2.59. The van der Waals surface area contributed by atoms with Crippen LogP contribution in [-0.4, -0.2) is 130 Å². The molecular weight excluding hydrogens is 720 g/mol. The molecular formula is C42H62N4O10. The monoisotopic (exact) mass is 782 g/mol. The number of aliphatic hydroxyl groups is 1. The Kier molecular flexibility index (Phi) is 14.2. The average molecular weight is 783 g/mol. The second-order valence-corrected chi connectivity index (χ2v) is 16.5. The molecule has 0 spiro atoms. The van der Waals surface area contributed by atoms with Crippen molar-refractivity contribution in [2.75, 3.05) is 27.7 Å². The van der Waals surface area contributed by atoms with Crippen LogP contribution < -0.4 is 0 Å². The summed E-state index contributed by atoms with van der Waals surface area (Å²) in [5, 5.41) is 11.4. The summed E-state index contributed by atoms with van der Waals surface area (Å²) in [7, 11) is 5.24. The number of hydrogen-bond acceptors (Lipinski definition) is 12. The van der Waals surface area contributed by atoms with E-state index < -0.39 is 83.9 Å². The topological polar surface area (TPSA) is 159 Å². The number of aliphatic hydroxyl groups excluding tert-OH is 1. The van der Waals surface area contributed by atoms with E-state index in [0.717, 1.165) is 11.3 Å². The first kappa shape index (κ1) is 43.4. The molecule has 3 aliphatic heterocycles. The molecule has 310 valence electrons. The standard InChI is InChI=1S/C42H62N4O10/c1-11-32-37-33(46(41(51)55-37)19-15-18-45-22-30(43-23-45)29-16-13-12-14-17-29)26(4)34(47)24(2)21-42(7,52-10)38(27(5)35(48)28(6)39(50)54-32)56-40-36(49)31(44(8)9)20-25(3)53-40/h12-14,16-17,22-28,31-33,36-38,40,49H,11,15,18-21H2,1-10H3/t24-,25-,26-,27+,28-,31+,32-,33-,36-,37-,38-,40+,42-/m1/s1. The predicted octanol–water partition coefficient (Wildman–Crippen LogP) is 4.75. The van der Waals surface area contributed by atoms with Gasteiger partial charge in [0.25, 0.3) is 0 Å². The number of likely N-dealkylation sites (N-methyl/N-ethyl adjacent to an activating group) is 1. The van der Waals surface area contributed by atoms with E-state index in [1.807, 2.05) is 80.9 Å². The van der Waals surface area contributed by atoms with Gasteiger partial charge in [0.05, 0.1) is 35.9 Å². The molecule has 14 nitrogen and oxygen atoms in total. The first-order valence-corrected chi connectivity index (χ1v) is 20.0. The third-order valence-electron chi connectivity index (χ3n) is 12.2. The molecule has 0 aliphatic carbocycles. The lowest BCUT2D eigenvalue weighted by atomic mass is 9.75. The van der Waals surface area contributed by atoms with Gasteiger partial charge in [0.2, 0.25) is 0 Å². The molecule has 3 fully saturated rings. The summed E-state index contributed by atoms with van der Waals surface area (Å²) in [6, 6.07) is 8.83. The predicted molar refractivity (Wildman–Crippen MR) is 207 cm³/mol. The molecule has 1 N–H and O–H groups in total. The number of rotatable bonds is 10. The maximum Gasteiger partial charge on any atom is 0.410 e. The van der Waals surface area contributed by atoms with Gasteiger partial charge in [0.1, 0.15) is 23.9 Å². The number of methoxy groups -OCH3 is 1. The third kappa shape index (κ3) is 9.20. The molecule has 4 heterocycles. The summed E-state index contributed by atoms with van der Waals surface area (Å²) in [5.74, 6) is -4.87. The van der Waals surface area contributed by atoms with Crippen molar-refractivity contribution in [3.63, 3.8) is 0 Å². The van der Waals surface area contributed by atoms with Crippen LogP contribution in [0.25, 0.3) is 11.3 Å². The fraction of sp³-hybridized carbons (Fsp3) is 0.690. The molecule has 3 aliphatic rings. The van der Waals surface area contributed by atoms with Gasteiger partial charge in [0.15, 0.2) is 18.2 Å². The lowest BCUT2D eigenvalue weighted by Gasteiger charge is -2.47. The number of fused-ring (bicyclic) bond motifs is 1. The number of Topliss-reactive ketones (excluding diaryl/α,β-unsaturated/α-hetero) is 2. The van der Waals surface area contributed by atoms with Crippen molar-refractivity contribution in [3.8, 4) is 11.3 Å². The van der Waals surface area contributed by atoms with Gasteiger partial charge < -0.3 is 43.2 Å². The number of carbonyl (C=O) groups excluding carboxylic acids is 4. The molecule has 13 atom stereocenters. The van der Waals surface area contributed by atoms with Crippen LogP contribution >= 0.6 is 0 Å². The van der Waals surface area contributed by atoms with Crippen LogP contribution in [0.2, 0.25) is 0 Å². The van der Waals surface area contributed by atoms with Crippen molar-refractivity contribution in [2.24, 2.45) is 23.7 Å². The number of ketones is 2. The molecule has 2 aromatic rings. The van der Waals surface area contributed by atoms with Crippen molar-refractivity contribution >= 4 is 23.6 Å². The minimum absolute atomic E-state index is 0.136. The highest BCUT2D eigenvalue weighted by atomic mass is 16.7. The number of hydrogen-bond donors (Lipinski definition) is 1. The largest absolute Gasteiger partial charge is 0.458 e. The van der Waals surface area contributed by atoms with Crippen LogP contribution in [0.1, 0.15) is 74.1 Å². The van der Waals surface area contributed by atoms with Crippen LogP contribution in [0.15, 0.2) is 42.9 Å². The molecule has 1 aromatic heterocycles. The second-order valence-electron chi connectivity index (χ2n) is 16.5. The van der Waals surface area contributed by atoms with E-state index in [0.29, 0.717) is 19.4 Å². The fourth-order valence-electron chi connectivity index (χ4n) is 8.83. The van der Waals surface area contributed by atoms with Crippen LogP contribution in [0.4, 0.5) is 4.79 Å². The Bertz CT molecular complexity index is 1670. The van der Waals surface area contributed by atoms with Crippen LogP contribution in [-0.2, 0) is 44.6 Å². The van der Waals surface area contributed by atoms with Crippen molar-refractivity contribution in [1.82, 2.24) is 19.4 Å². The van der Waals surface area contributed by atoms with Crippen molar-refractivity contribution in [2.45, 2.75) is 135 Å². The maximum absolute atomic E-state index is 14.6. The quantitative estimate of drug-likeness (QED) is 0.261. The molecule has 0 bridgehead atoms. The minimum Gasteiger partial charge on any atom is -0.458 e. The van der Waals surface area contributed by atoms with Crippen LogP contribution in [0.5, 0.6) is 0 Å². The molecule has 3 saturated heterocycles. The number of amides is 1. The third-order valence-corrected chi connectivity index (χ3v) is 12.2. The molecule has 14 heteroatoms. The Morgan fingerprint density at radius 1 is 0.982 bits per heavy atom. The van der Waals surface area contributed by atoms with Gasteiger partial charge in [-0.25, -0.2) is 9.78 Å². The van der Waals surface area contributed by atoms with Gasteiger partial charge in [0, 0.05) is 55.8 Å². The molecule has 5 rings (SSSR count). The Morgan fingerprint density at radius 2 is 1.68 bits per heavy atom. The number of cyclic esters (lactones) is 1. The van der Waals surface area contributed by atoms with E-state index in [4.69, 9.17) is 23.7 Å². The average Bonchev–Trinajstić information content (AvgIpc) is 3.79. The summed E-state index contributed by atoms with van der Waals surface area (Å²) in [6.45, 7) is 13.1. The Morgan fingerprint density at radius 3 is 2.32 bits per heavy atom.